The van der Waals surface area contributed by atoms with E-state index in [4.69, 9.17) is 5.26 Å². The van der Waals surface area contributed by atoms with Crippen LogP contribution in [0, 0.1) is 23.2 Å². The van der Waals surface area contributed by atoms with Gasteiger partial charge in [-0.2, -0.15) is 18.4 Å². The molecule has 0 saturated heterocycles. The largest absolute Gasteiger partial charge is 0.405 e. The zero-order valence-electron chi connectivity index (χ0n) is 8.64. The van der Waals surface area contributed by atoms with Crippen LogP contribution >= 0.6 is 0 Å². The SMILES string of the molecule is CCCC1CC1NCC(C#N)C(F)(F)F. The van der Waals surface area contributed by atoms with Gasteiger partial charge in [-0.1, -0.05) is 13.3 Å². The van der Waals surface area contributed by atoms with E-state index in [0.29, 0.717) is 5.92 Å². The van der Waals surface area contributed by atoms with Crippen molar-refractivity contribution in [2.24, 2.45) is 11.8 Å². The first-order valence-electron chi connectivity index (χ1n) is 5.18. The van der Waals surface area contributed by atoms with E-state index in [2.05, 4.69) is 12.2 Å². The van der Waals surface area contributed by atoms with Crippen LogP contribution in [0.3, 0.4) is 0 Å². The predicted octanol–water partition coefficient (Wildman–Crippen LogP) is 2.47. The van der Waals surface area contributed by atoms with Gasteiger partial charge in [-0.3, -0.25) is 0 Å². The summed E-state index contributed by atoms with van der Waals surface area (Å²) in [6, 6.07) is 1.48. The second-order valence-electron chi connectivity index (χ2n) is 4.02. The van der Waals surface area contributed by atoms with Crippen LogP contribution in [0.25, 0.3) is 0 Å². The standard InChI is InChI=1S/C10H15F3N2/c1-2-3-7-4-9(7)15-6-8(5-14)10(11,12)13/h7-9,15H,2-4,6H2,1H3. The minimum Gasteiger partial charge on any atom is -0.312 e. The van der Waals surface area contributed by atoms with Gasteiger partial charge < -0.3 is 5.32 Å². The molecule has 1 fully saturated rings. The van der Waals surface area contributed by atoms with Crippen LogP contribution in [0.2, 0.25) is 0 Å². The molecule has 5 heteroatoms. The molecular formula is C10H15F3N2. The number of nitriles is 1. The summed E-state index contributed by atoms with van der Waals surface area (Å²) in [5, 5.41) is 11.2. The average molecular weight is 220 g/mol. The van der Waals surface area contributed by atoms with E-state index < -0.39 is 12.1 Å². The zero-order valence-corrected chi connectivity index (χ0v) is 8.64. The highest BCUT2D eigenvalue weighted by atomic mass is 19.4. The second kappa shape index (κ2) is 4.84. The topological polar surface area (TPSA) is 35.8 Å². The molecule has 1 rings (SSSR count). The van der Waals surface area contributed by atoms with Gasteiger partial charge in [0.2, 0.25) is 0 Å². The van der Waals surface area contributed by atoms with Crippen molar-refractivity contribution < 1.29 is 13.2 Å². The van der Waals surface area contributed by atoms with Crippen molar-refractivity contribution in [2.45, 2.75) is 38.4 Å². The number of halogens is 3. The Labute approximate surface area is 87.5 Å². The van der Waals surface area contributed by atoms with Gasteiger partial charge in [0.05, 0.1) is 6.07 Å². The first-order valence-corrected chi connectivity index (χ1v) is 5.18. The molecule has 3 unspecified atom stereocenters. The van der Waals surface area contributed by atoms with Gasteiger partial charge in [0.25, 0.3) is 0 Å². The zero-order chi connectivity index (χ0) is 11.5. The number of nitrogens with zero attached hydrogens (tertiary/aromatic N) is 1. The molecule has 1 aliphatic carbocycles. The summed E-state index contributed by atoms with van der Waals surface area (Å²) in [5.74, 6) is -1.36. The van der Waals surface area contributed by atoms with Crippen LogP contribution in [0.5, 0.6) is 0 Å². The molecule has 0 amide bonds. The van der Waals surface area contributed by atoms with Gasteiger partial charge in [-0.05, 0) is 18.8 Å². The summed E-state index contributed by atoms with van der Waals surface area (Å²) in [6.45, 7) is 1.79. The molecule has 2 nitrogen and oxygen atoms in total. The third-order valence-electron chi connectivity index (χ3n) is 2.72. The van der Waals surface area contributed by atoms with Crippen LogP contribution in [-0.2, 0) is 0 Å². The van der Waals surface area contributed by atoms with Gasteiger partial charge in [0.15, 0.2) is 5.92 Å². The molecule has 86 valence electrons. The molecule has 0 radical (unpaired) electrons. The Balaban J connectivity index is 2.23. The van der Waals surface area contributed by atoms with Gasteiger partial charge in [-0.25, -0.2) is 0 Å². The normalized spacial score (nSPS) is 27.1. The second-order valence-corrected chi connectivity index (χ2v) is 4.02. The molecule has 3 atom stereocenters. The highest BCUT2D eigenvalue weighted by Crippen LogP contribution is 2.35. The summed E-state index contributed by atoms with van der Waals surface area (Å²) < 4.78 is 36.5. The van der Waals surface area contributed by atoms with E-state index in [0.717, 1.165) is 19.3 Å². The van der Waals surface area contributed by atoms with Crippen LogP contribution in [-0.4, -0.2) is 18.8 Å². The van der Waals surface area contributed by atoms with Crippen LogP contribution in [0.4, 0.5) is 13.2 Å². The van der Waals surface area contributed by atoms with Crippen molar-refractivity contribution >= 4 is 0 Å². The molecule has 0 spiro atoms. The number of hydrogen-bond donors (Lipinski definition) is 1. The smallest absolute Gasteiger partial charge is 0.312 e. The van der Waals surface area contributed by atoms with Crippen molar-refractivity contribution in [3.8, 4) is 6.07 Å². The Kier molecular flexibility index (Phi) is 3.97. The van der Waals surface area contributed by atoms with Crippen molar-refractivity contribution in [1.82, 2.24) is 5.32 Å². The summed E-state index contributed by atoms with van der Waals surface area (Å²) in [5.41, 5.74) is 0. The maximum absolute atomic E-state index is 12.2. The fourth-order valence-electron chi connectivity index (χ4n) is 1.69. The minimum absolute atomic E-state index is 0.197. The molecule has 0 heterocycles. The first-order chi connectivity index (χ1) is 6.99. The molecule has 0 aromatic carbocycles. The highest BCUT2D eigenvalue weighted by molar-refractivity contribution is 4.96. The van der Waals surface area contributed by atoms with E-state index in [1.807, 2.05) is 0 Å². The summed E-state index contributed by atoms with van der Waals surface area (Å²) in [6.07, 6.45) is -1.34. The van der Waals surface area contributed by atoms with E-state index in [1.165, 1.54) is 6.07 Å². The summed E-state index contributed by atoms with van der Waals surface area (Å²) in [4.78, 5) is 0. The van der Waals surface area contributed by atoms with Gasteiger partial charge >= 0.3 is 6.18 Å². The minimum atomic E-state index is -4.41. The lowest BCUT2D eigenvalue weighted by Crippen LogP contribution is -2.34. The van der Waals surface area contributed by atoms with Crippen LogP contribution in [0.1, 0.15) is 26.2 Å². The van der Waals surface area contributed by atoms with E-state index in [-0.39, 0.29) is 12.6 Å². The van der Waals surface area contributed by atoms with Crippen molar-refractivity contribution in [2.75, 3.05) is 6.54 Å². The third-order valence-corrected chi connectivity index (χ3v) is 2.72. The van der Waals surface area contributed by atoms with Crippen molar-refractivity contribution in [3.05, 3.63) is 0 Å². The molecule has 0 aromatic rings. The van der Waals surface area contributed by atoms with Crippen molar-refractivity contribution in [1.29, 1.82) is 5.26 Å². The predicted molar refractivity (Wildman–Crippen MR) is 50.0 cm³/mol. The van der Waals surface area contributed by atoms with Gasteiger partial charge in [0.1, 0.15) is 0 Å². The molecular weight excluding hydrogens is 205 g/mol. The Bertz CT molecular complexity index is 244. The maximum Gasteiger partial charge on any atom is 0.405 e. The van der Waals surface area contributed by atoms with Crippen LogP contribution < -0.4 is 5.32 Å². The monoisotopic (exact) mass is 220 g/mol. The highest BCUT2D eigenvalue weighted by Gasteiger charge is 2.42. The molecule has 0 bridgehead atoms. The van der Waals surface area contributed by atoms with Gasteiger partial charge in [0, 0.05) is 12.6 Å². The van der Waals surface area contributed by atoms with E-state index in [1.54, 1.807) is 0 Å². The Morgan fingerprint density at radius 2 is 2.20 bits per heavy atom. The molecule has 1 N–H and O–H groups in total. The Morgan fingerprint density at radius 1 is 1.53 bits per heavy atom. The van der Waals surface area contributed by atoms with E-state index in [9.17, 15) is 13.2 Å². The first kappa shape index (κ1) is 12.3. The maximum atomic E-state index is 12.2. The van der Waals surface area contributed by atoms with Gasteiger partial charge in [-0.15, -0.1) is 0 Å². The van der Waals surface area contributed by atoms with Crippen LogP contribution in [0.15, 0.2) is 0 Å². The number of nitrogens with one attached hydrogen (secondary N) is 1. The molecule has 0 aromatic heterocycles. The Morgan fingerprint density at radius 3 is 2.67 bits per heavy atom. The van der Waals surface area contributed by atoms with Crippen molar-refractivity contribution in [3.63, 3.8) is 0 Å². The molecule has 1 saturated carbocycles. The number of rotatable bonds is 5. The lowest BCUT2D eigenvalue weighted by atomic mass is 10.1. The van der Waals surface area contributed by atoms with E-state index >= 15 is 0 Å². The Hall–Kier alpha value is -0.760. The lowest BCUT2D eigenvalue weighted by molar-refractivity contribution is -0.157. The summed E-state index contributed by atoms with van der Waals surface area (Å²) >= 11 is 0. The number of alkyl halides is 3. The molecule has 0 aliphatic heterocycles. The third kappa shape index (κ3) is 3.71. The quantitative estimate of drug-likeness (QED) is 0.772. The lowest BCUT2D eigenvalue weighted by Gasteiger charge is -2.13. The number of hydrogen-bond acceptors (Lipinski definition) is 2. The average Bonchev–Trinajstić information content (AvgIpc) is 2.83. The molecule has 1 aliphatic rings. The fourth-order valence-corrected chi connectivity index (χ4v) is 1.69. The molecule has 15 heavy (non-hydrogen) atoms. The fraction of sp³-hybridized carbons (Fsp3) is 0.900. The summed E-state index contributed by atoms with van der Waals surface area (Å²) in [7, 11) is 0.